The van der Waals surface area contributed by atoms with Crippen molar-refractivity contribution >= 4 is 5.91 Å². The lowest BCUT2D eigenvalue weighted by Crippen LogP contribution is -2.45. The van der Waals surface area contributed by atoms with Crippen LogP contribution in [0.4, 0.5) is 0 Å². The summed E-state index contributed by atoms with van der Waals surface area (Å²) in [5.41, 5.74) is 0.540. The molecule has 0 aromatic carbocycles. The summed E-state index contributed by atoms with van der Waals surface area (Å²) < 4.78 is 7.35. The zero-order valence-electron chi connectivity index (χ0n) is 11.3. The van der Waals surface area contributed by atoms with Gasteiger partial charge in [0.25, 0.3) is 5.91 Å². The topological polar surface area (TPSA) is 47.4 Å². The van der Waals surface area contributed by atoms with E-state index in [0.717, 1.165) is 24.8 Å². The molecule has 1 amide bonds. The standard InChI is InChI=1S/C13H21N3O2/c1-13(6-4-8-18-13)12(17)15(2)7-5-11-9-14-16(3)10-11/h9-10H,4-8H2,1-3H3. The average molecular weight is 251 g/mol. The summed E-state index contributed by atoms with van der Waals surface area (Å²) in [6.07, 6.45) is 6.44. The molecule has 1 aliphatic rings. The second-order valence-corrected chi connectivity index (χ2v) is 5.18. The fraction of sp³-hybridized carbons (Fsp3) is 0.692. The molecule has 1 saturated heterocycles. The Morgan fingerprint density at radius 2 is 2.44 bits per heavy atom. The van der Waals surface area contributed by atoms with Crippen LogP contribution >= 0.6 is 0 Å². The monoisotopic (exact) mass is 251 g/mol. The lowest BCUT2D eigenvalue weighted by Gasteiger charge is -2.28. The summed E-state index contributed by atoms with van der Waals surface area (Å²) >= 11 is 0. The molecule has 1 aromatic rings. The molecule has 1 aromatic heterocycles. The minimum Gasteiger partial charge on any atom is -0.365 e. The van der Waals surface area contributed by atoms with Crippen molar-refractivity contribution in [1.29, 1.82) is 0 Å². The maximum atomic E-state index is 12.3. The van der Waals surface area contributed by atoms with E-state index in [1.165, 1.54) is 0 Å². The van der Waals surface area contributed by atoms with Gasteiger partial charge in [0.2, 0.25) is 0 Å². The summed E-state index contributed by atoms with van der Waals surface area (Å²) in [4.78, 5) is 14.0. The molecule has 5 heteroatoms. The van der Waals surface area contributed by atoms with Gasteiger partial charge in [-0.1, -0.05) is 0 Å². The van der Waals surface area contributed by atoms with Crippen LogP contribution in [0.2, 0.25) is 0 Å². The Morgan fingerprint density at radius 3 is 3.00 bits per heavy atom. The van der Waals surface area contributed by atoms with E-state index in [2.05, 4.69) is 5.10 Å². The molecule has 2 rings (SSSR count). The third kappa shape index (κ3) is 2.72. The first-order chi connectivity index (χ1) is 8.51. The second kappa shape index (κ2) is 5.10. The predicted molar refractivity (Wildman–Crippen MR) is 68.1 cm³/mol. The van der Waals surface area contributed by atoms with E-state index in [1.54, 1.807) is 9.58 Å². The van der Waals surface area contributed by atoms with Crippen molar-refractivity contribution in [2.45, 2.75) is 31.8 Å². The van der Waals surface area contributed by atoms with Gasteiger partial charge in [0, 0.05) is 33.4 Å². The van der Waals surface area contributed by atoms with Gasteiger partial charge in [-0.2, -0.15) is 5.10 Å². The first kappa shape index (κ1) is 13.1. The molecule has 18 heavy (non-hydrogen) atoms. The Bertz CT molecular complexity index is 422. The van der Waals surface area contributed by atoms with E-state index in [4.69, 9.17) is 4.74 Å². The quantitative estimate of drug-likeness (QED) is 0.801. The van der Waals surface area contributed by atoms with Crippen molar-refractivity contribution in [3.8, 4) is 0 Å². The van der Waals surface area contributed by atoms with E-state index in [0.29, 0.717) is 13.2 Å². The highest BCUT2D eigenvalue weighted by molar-refractivity contribution is 5.84. The van der Waals surface area contributed by atoms with E-state index in [9.17, 15) is 4.79 Å². The number of amides is 1. The number of rotatable bonds is 4. The first-order valence-electron chi connectivity index (χ1n) is 6.38. The summed E-state index contributed by atoms with van der Waals surface area (Å²) in [7, 11) is 3.73. The van der Waals surface area contributed by atoms with Gasteiger partial charge in [0.1, 0.15) is 5.60 Å². The molecule has 0 aliphatic carbocycles. The van der Waals surface area contributed by atoms with Crippen LogP contribution < -0.4 is 0 Å². The van der Waals surface area contributed by atoms with Gasteiger partial charge in [-0.15, -0.1) is 0 Å². The molecule has 5 nitrogen and oxygen atoms in total. The third-order valence-electron chi connectivity index (χ3n) is 3.51. The van der Waals surface area contributed by atoms with Crippen molar-refractivity contribution in [1.82, 2.24) is 14.7 Å². The largest absolute Gasteiger partial charge is 0.365 e. The lowest BCUT2D eigenvalue weighted by molar-refractivity contribution is -0.149. The Labute approximate surface area is 108 Å². The number of nitrogens with zero attached hydrogens (tertiary/aromatic N) is 3. The number of ether oxygens (including phenoxy) is 1. The molecule has 1 fully saturated rings. The molecule has 100 valence electrons. The molecule has 0 N–H and O–H groups in total. The molecule has 1 aliphatic heterocycles. The zero-order chi connectivity index (χ0) is 13.2. The van der Waals surface area contributed by atoms with E-state index >= 15 is 0 Å². The Morgan fingerprint density at radius 1 is 1.67 bits per heavy atom. The number of aryl methyl sites for hydroxylation is 1. The van der Waals surface area contributed by atoms with Crippen molar-refractivity contribution in [3.63, 3.8) is 0 Å². The molecular weight excluding hydrogens is 230 g/mol. The second-order valence-electron chi connectivity index (χ2n) is 5.18. The van der Waals surface area contributed by atoms with Gasteiger partial charge >= 0.3 is 0 Å². The zero-order valence-corrected chi connectivity index (χ0v) is 11.3. The average Bonchev–Trinajstić information content (AvgIpc) is 2.95. The SMILES string of the molecule is CN(CCc1cnn(C)c1)C(=O)C1(C)CCCO1. The molecule has 0 spiro atoms. The minimum atomic E-state index is -0.607. The highest BCUT2D eigenvalue weighted by atomic mass is 16.5. The minimum absolute atomic E-state index is 0.0869. The smallest absolute Gasteiger partial charge is 0.254 e. The number of carbonyl (C=O) groups excluding carboxylic acids is 1. The number of likely N-dealkylation sites (N-methyl/N-ethyl adjacent to an activating group) is 1. The molecule has 1 atom stereocenters. The van der Waals surface area contributed by atoms with Gasteiger partial charge in [0.05, 0.1) is 6.20 Å². The van der Waals surface area contributed by atoms with Crippen molar-refractivity contribution in [2.24, 2.45) is 7.05 Å². The number of aromatic nitrogens is 2. The fourth-order valence-electron chi connectivity index (χ4n) is 2.35. The van der Waals surface area contributed by atoms with Gasteiger partial charge in [-0.05, 0) is 31.7 Å². The van der Waals surface area contributed by atoms with Crippen LogP contribution in [0.3, 0.4) is 0 Å². The third-order valence-corrected chi connectivity index (χ3v) is 3.51. The molecule has 0 radical (unpaired) electrons. The van der Waals surface area contributed by atoms with E-state index < -0.39 is 5.60 Å². The molecule has 2 heterocycles. The number of carbonyl (C=O) groups is 1. The molecule has 0 bridgehead atoms. The van der Waals surface area contributed by atoms with Crippen LogP contribution in [-0.4, -0.2) is 46.4 Å². The van der Waals surface area contributed by atoms with Crippen LogP contribution in [0.15, 0.2) is 12.4 Å². The lowest BCUT2D eigenvalue weighted by atomic mass is 10.0. The van der Waals surface area contributed by atoms with Crippen molar-refractivity contribution in [2.75, 3.05) is 20.2 Å². The highest BCUT2D eigenvalue weighted by Gasteiger charge is 2.39. The summed E-state index contributed by atoms with van der Waals surface area (Å²) in [5, 5.41) is 4.12. The Balaban J connectivity index is 1.87. The number of hydrogen-bond acceptors (Lipinski definition) is 3. The van der Waals surface area contributed by atoms with E-state index in [1.807, 2.05) is 33.4 Å². The van der Waals surface area contributed by atoms with Crippen LogP contribution in [0.25, 0.3) is 0 Å². The summed E-state index contributed by atoms with van der Waals surface area (Å²) in [6.45, 7) is 3.28. The van der Waals surface area contributed by atoms with Gasteiger partial charge in [-0.25, -0.2) is 0 Å². The van der Waals surface area contributed by atoms with Gasteiger partial charge in [-0.3, -0.25) is 9.48 Å². The predicted octanol–water partition coefficient (Wildman–Crippen LogP) is 0.990. The van der Waals surface area contributed by atoms with E-state index in [-0.39, 0.29) is 5.91 Å². The first-order valence-corrected chi connectivity index (χ1v) is 6.38. The fourth-order valence-corrected chi connectivity index (χ4v) is 2.35. The Hall–Kier alpha value is -1.36. The summed E-state index contributed by atoms with van der Waals surface area (Å²) in [6, 6.07) is 0. The van der Waals surface area contributed by atoms with Gasteiger partial charge in [0.15, 0.2) is 0 Å². The summed E-state index contributed by atoms with van der Waals surface area (Å²) in [5.74, 6) is 0.0869. The van der Waals surface area contributed by atoms with Crippen LogP contribution in [-0.2, 0) is 23.0 Å². The highest BCUT2D eigenvalue weighted by Crippen LogP contribution is 2.26. The number of hydrogen-bond donors (Lipinski definition) is 0. The van der Waals surface area contributed by atoms with Crippen LogP contribution in [0.1, 0.15) is 25.3 Å². The van der Waals surface area contributed by atoms with Crippen LogP contribution in [0.5, 0.6) is 0 Å². The Kier molecular flexibility index (Phi) is 3.71. The van der Waals surface area contributed by atoms with Crippen molar-refractivity contribution in [3.05, 3.63) is 18.0 Å². The maximum Gasteiger partial charge on any atom is 0.254 e. The molecular formula is C13H21N3O2. The maximum absolute atomic E-state index is 12.3. The van der Waals surface area contributed by atoms with Gasteiger partial charge < -0.3 is 9.64 Å². The van der Waals surface area contributed by atoms with Crippen LogP contribution in [0, 0.1) is 0 Å². The van der Waals surface area contributed by atoms with Crippen molar-refractivity contribution < 1.29 is 9.53 Å². The molecule has 1 unspecified atom stereocenters. The molecule has 0 saturated carbocycles. The normalized spacial score (nSPS) is 23.3.